The molecule has 0 aromatic heterocycles. The molecule has 2 heteroatoms. The summed E-state index contributed by atoms with van der Waals surface area (Å²) in [5, 5.41) is 0.780. The molecule has 0 unspecified atom stereocenters. The molecule has 1 saturated heterocycles. The summed E-state index contributed by atoms with van der Waals surface area (Å²) in [6.07, 6.45) is 7.67. The van der Waals surface area contributed by atoms with Crippen molar-refractivity contribution in [3.63, 3.8) is 0 Å². The average Bonchev–Trinajstić information content (AvgIpc) is 2.63. The van der Waals surface area contributed by atoms with Gasteiger partial charge in [0.2, 0.25) is 0 Å². The van der Waals surface area contributed by atoms with Gasteiger partial charge in [0.15, 0.2) is 0 Å². The SMILES string of the molecule is C/C(=C/CCN1CCCCC1)c1ccc(-c2ccc(Cl)cc2)cc1. The number of rotatable bonds is 5. The molecule has 2 aromatic carbocycles. The molecule has 1 fully saturated rings. The number of allylic oxidation sites excluding steroid dienone is 1. The van der Waals surface area contributed by atoms with Crippen LogP contribution in [0.3, 0.4) is 0 Å². The van der Waals surface area contributed by atoms with Crippen LogP contribution in [0.25, 0.3) is 16.7 Å². The Labute approximate surface area is 151 Å². The molecule has 0 N–H and O–H groups in total. The highest BCUT2D eigenvalue weighted by atomic mass is 35.5. The third-order valence-corrected chi connectivity index (χ3v) is 5.11. The highest BCUT2D eigenvalue weighted by Crippen LogP contribution is 2.24. The third-order valence-electron chi connectivity index (χ3n) is 4.86. The lowest BCUT2D eigenvalue weighted by atomic mass is 10.0. The predicted molar refractivity (Wildman–Crippen MR) is 105 cm³/mol. The van der Waals surface area contributed by atoms with E-state index in [1.807, 2.05) is 12.1 Å². The molecule has 1 aliphatic rings. The average molecular weight is 340 g/mol. The first-order valence-electron chi connectivity index (χ1n) is 8.98. The topological polar surface area (TPSA) is 3.24 Å². The van der Waals surface area contributed by atoms with Crippen LogP contribution in [0.4, 0.5) is 0 Å². The lowest BCUT2D eigenvalue weighted by Gasteiger charge is -2.25. The van der Waals surface area contributed by atoms with Gasteiger partial charge in [-0.2, -0.15) is 0 Å². The molecule has 0 atom stereocenters. The van der Waals surface area contributed by atoms with Gasteiger partial charge in [0.25, 0.3) is 0 Å². The Morgan fingerprint density at radius 2 is 1.50 bits per heavy atom. The molecule has 3 rings (SSSR count). The van der Waals surface area contributed by atoms with Gasteiger partial charge in [0.05, 0.1) is 0 Å². The standard InChI is InChI=1S/C22H26ClN/c1-18(6-5-17-24-15-3-2-4-16-24)19-7-9-20(10-8-19)21-11-13-22(23)14-12-21/h6-14H,2-5,15-17H2,1H3/b18-6-. The molecular formula is C22H26ClN. The summed E-state index contributed by atoms with van der Waals surface area (Å²) in [4.78, 5) is 2.59. The summed E-state index contributed by atoms with van der Waals surface area (Å²) >= 11 is 5.96. The van der Waals surface area contributed by atoms with Gasteiger partial charge in [-0.1, -0.05) is 60.5 Å². The summed E-state index contributed by atoms with van der Waals surface area (Å²) in [6, 6.07) is 16.8. The first-order chi connectivity index (χ1) is 11.7. The van der Waals surface area contributed by atoms with Gasteiger partial charge in [-0.25, -0.2) is 0 Å². The molecule has 1 aliphatic heterocycles. The number of nitrogens with zero attached hydrogens (tertiary/aromatic N) is 1. The van der Waals surface area contributed by atoms with Crippen LogP contribution in [0.15, 0.2) is 54.6 Å². The van der Waals surface area contributed by atoms with Gasteiger partial charge in [-0.15, -0.1) is 0 Å². The van der Waals surface area contributed by atoms with Crippen LogP contribution in [0, 0.1) is 0 Å². The van der Waals surface area contributed by atoms with Gasteiger partial charge in [-0.05, 0) is 73.7 Å². The fraction of sp³-hybridized carbons (Fsp3) is 0.364. The molecule has 126 valence electrons. The van der Waals surface area contributed by atoms with E-state index in [0.717, 1.165) is 11.4 Å². The maximum atomic E-state index is 5.96. The van der Waals surface area contributed by atoms with Gasteiger partial charge in [0.1, 0.15) is 0 Å². The Balaban J connectivity index is 1.59. The van der Waals surface area contributed by atoms with E-state index in [-0.39, 0.29) is 0 Å². The van der Waals surface area contributed by atoms with E-state index < -0.39 is 0 Å². The quantitative estimate of drug-likeness (QED) is 0.619. The minimum atomic E-state index is 0.780. The normalized spacial score (nSPS) is 16.3. The second-order valence-corrected chi connectivity index (χ2v) is 7.10. The van der Waals surface area contributed by atoms with Gasteiger partial charge >= 0.3 is 0 Å². The summed E-state index contributed by atoms with van der Waals surface area (Å²) in [5.74, 6) is 0. The van der Waals surface area contributed by atoms with E-state index in [2.05, 4.69) is 54.3 Å². The van der Waals surface area contributed by atoms with Crippen LogP contribution in [0.2, 0.25) is 5.02 Å². The smallest absolute Gasteiger partial charge is 0.0406 e. The van der Waals surface area contributed by atoms with E-state index >= 15 is 0 Å². The van der Waals surface area contributed by atoms with E-state index in [1.54, 1.807) is 0 Å². The molecule has 0 radical (unpaired) electrons. The summed E-state index contributed by atoms with van der Waals surface area (Å²) < 4.78 is 0. The van der Waals surface area contributed by atoms with Gasteiger partial charge < -0.3 is 4.90 Å². The second kappa shape index (κ2) is 8.50. The highest BCUT2D eigenvalue weighted by molar-refractivity contribution is 6.30. The maximum Gasteiger partial charge on any atom is 0.0406 e. The Hall–Kier alpha value is -1.57. The Bertz CT molecular complexity index is 664. The molecule has 0 saturated carbocycles. The number of hydrogen-bond donors (Lipinski definition) is 0. The zero-order valence-electron chi connectivity index (χ0n) is 14.5. The minimum absolute atomic E-state index is 0.780. The fourth-order valence-electron chi connectivity index (χ4n) is 3.33. The lowest BCUT2D eigenvalue weighted by molar-refractivity contribution is 0.233. The Kier molecular flexibility index (Phi) is 6.12. The monoisotopic (exact) mass is 339 g/mol. The maximum absolute atomic E-state index is 5.96. The number of benzene rings is 2. The third kappa shape index (κ3) is 4.72. The van der Waals surface area contributed by atoms with Crippen molar-refractivity contribution >= 4 is 17.2 Å². The molecule has 0 aliphatic carbocycles. The number of likely N-dealkylation sites (tertiary alicyclic amines) is 1. The van der Waals surface area contributed by atoms with Crippen molar-refractivity contribution in [2.75, 3.05) is 19.6 Å². The van der Waals surface area contributed by atoms with Crippen molar-refractivity contribution in [2.45, 2.75) is 32.6 Å². The minimum Gasteiger partial charge on any atom is -0.303 e. The van der Waals surface area contributed by atoms with Crippen LogP contribution >= 0.6 is 11.6 Å². The van der Waals surface area contributed by atoms with Crippen LogP contribution < -0.4 is 0 Å². The van der Waals surface area contributed by atoms with Crippen molar-refractivity contribution in [1.82, 2.24) is 4.90 Å². The number of halogens is 1. The first kappa shape index (κ1) is 17.3. The van der Waals surface area contributed by atoms with Crippen LogP contribution in [0.1, 0.15) is 38.2 Å². The zero-order valence-corrected chi connectivity index (χ0v) is 15.2. The number of hydrogen-bond acceptors (Lipinski definition) is 1. The van der Waals surface area contributed by atoms with Gasteiger partial charge in [-0.3, -0.25) is 0 Å². The van der Waals surface area contributed by atoms with E-state index in [0.29, 0.717) is 0 Å². The molecule has 1 nitrogen and oxygen atoms in total. The van der Waals surface area contributed by atoms with Crippen molar-refractivity contribution in [3.05, 3.63) is 65.2 Å². The van der Waals surface area contributed by atoms with Crippen LogP contribution in [0.5, 0.6) is 0 Å². The van der Waals surface area contributed by atoms with Crippen LogP contribution in [-0.4, -0.2) is 24.5 Å². The highest BCUT2D eigenvalue weighted by Gasteiger charge is 2.08. The Morgan fingerprint density at radius 3 is 2.12 bits per heavy atom. The van der Waals surface area contributed by atoms with Crippen molar-refractivity contribution < 1.29 is 0 Å². The second-order valence-electron chi connectivity index (χ2n) is 6.66. The van der Waals surface area contributed by atoms with Crippen molar-refractivity contribution in [3.8, 4) is 11.1 Å². The number of piperidine rings is 1. The molecule has 0 amide bonds. The fourth-order valence-corrected chi connectivity index (χ4v) is 3.46. The summed E-state index contributed by atoms with van der Waals surface area (Å²) in [7, 11) is 0. The Morgan fingerprint density at radius 1 is 0.917 bits per heavy atom. The summed E-state index contributed by atoms with van der Waals surface area (Å²) in [6.45, 7) is 5.97. The van der Waals surface area contributed by atoms with Crippen molar-refractivity contribution in [1.29, 1.82) is 0 Å². The van der Waals surface area contributed by atoms with Crippen molar-refractivity contribution in [2.24, 2.45) is 0 Å². The van der Waals surface area contributed by atoms with Crippen LogP contribution in [-0.2, 0) is 0 Å². The summed E-state index contributed by atoms with van der Waals surface area (Å²) in [5.41, 5.74) is 5.12. The largest absolute Gasteiger partial charge is 0.303 e. The van der Waals surface area contributed by atoms with E-state index in [9.17, 15) is 0 Å². The zero-order chi connectivity index (χ0) is 16.8. The molecule has 0 spiro atoms. The van der Waals surface area contributed by atoms with Gasteiger partial charge in [0, 0.05) is 11.6 Å². The molecule has 1 heterocycles. The molecule has 2 aromatic rings. The molecule has 24 heavy (non-hydrogen) atoms. The molecular weight excluding hydrogens is 314 g/mol. The van der Waals surface area contributed by atoms with E-state index in [1.165, 1.54) is 61.2 Å². The molecule has 0 bridgehead atoms. The van der Waals surface area contributed by atoms with E-state index in [4.69, 9.17) is 11.6 Å². The predicted octanol–water partition coefficient (Wildman–Crippen LogP) is 6.29. The lowest BCUT2D eigenvalue weighted by Crippen LogP contribution is -2.30. The first-order valence-corrected chi connectivity index (χ1v) is 9.36.